The third-order valence-corrected chi connectivity index (χ3v) is 3.74. The zero-order valence-electron chi connectivity index (χ0n) is 11.5. The van der Waals surface area contributed by atoms with Crippen molar-refractivity contribution in [2.24, 2.45) is 0 Å². The lowest BCUT2D eigenvalue weighted by molar-refractivity contribution is 0.0531. The third-order valence-electron chi connectivity index (χ3n) is 2.61. The summed E-state index contributed by atoms with van der Waals surface area (Å²) in [6.07, 6.45) is 1.40. The van der Waals surface area contributed by atoms with E-state index in [1.165, 1.54) is 17.6 Å². The van der Waals surface area contributed by atoms with Crippen LogP contribution in [-0.4, -0.2) is 18.5 Å². The van der Waals surface area contributed by atoms with E-state index in [1.807, 2.05) is 0 Å². The first-order valence-corrected chi connectivity index (χ1v) is 6.97. The van der Waals surface area contributed by atoms with E-state index in [4.69, 9.17) is 9.15 Å². The molecule has 106 valence electrons. The number of hydrogen-bond donors (Lipinski definition) is 1. The Morgan fingerprint density at radius 2 is 2.10 bits per heavy atom. The number of nitrogens with one attached hydrogen (secondary N) is 1. The van der Waals surface area contributed by atoms with Gasteiger partial charge in [0.05, 0.1) is 17.2 Å². The van der Waals surface area contributed by atoms with E-state index in [0.29, 0.717) is 27.8 Å². The monoisotopic (exact) mass is 293 g/mol. The number of hydrogen-bond acceptors (Lipinski definition) is 5. The van der Waals surface area contributed by atoms with Crippen LogP contribution in [0.15, 0.2) is 22.8 Å². The minimum atomic E-state index is -0.366. The van der Waals surface area contributed by atoms with Gasteiger partial charge in [0, 0.05) is 0 Å². The first kappa shape index (κ1) is 14.3. The Balaban J connectivity index is 2.12. The Kier molecular flexibility index (Phi) is 4.24. The molecule has 0 aliphatic carbocycles. The average molecular weight is 293 g/mol. The highest BCUT2D eigenvalue weighted by atomic mass is 32.1. The molecule has 0 radical (unpaired) electrons. The van der Waals surface area contributed by atoms with Gasteiger partial charge in [-0.2, -0.15) is 0 Å². The second kappa shape index (κ2) is 5.92. The minimum absolute atomic E-state index is 0.265. The summed E-state index contributed by atoms with van der Waals surface area (Å²) in [6.45, 7) is 5.66. The van der Waals surface area contributed by atoms with E-state index in [0.717, 1.165) is 5.56 Å². The molecular formula is C14H15NO4S. The molecule has 0 spiro atoms. The van der Waals surface area contributed by atoms with Crippen LogP contribution in [0.5, 0.6) is 0 Å². The van der Waals surface area contributed by atoms with E-state index in [2.05, 4.69) is 5.32 Å². The predicted molar refractivity (Wildman–Crippen MR) is 76.4 cm³/mol. The number of carbonyl (C=O) groups is 2. The molecule has 1 amide bonds. The quantitative estimate of drug-likeness (QED) is 0.877. The van der Waals surface area contributed by atoms with Gasteiger partial charge in [-0.3, -0.25) is 4.79 Å². The number of rotatable bonds is 4. The van der Waals surface area contributed by atoms with Crippen LogP contribution in [0.1, 0.15) is 38.3 Å². The van der Waals surface area contributed by atoms with Gasteiger partial charge in [-0.25, -0.2) is 4.79 Å². The van der Waals surface area contributed by atoms with E-state index >= 15 is 0 Å². The molecule has 0 aliphatic rings. The van der Waals surface area contributed by atoms with Gasteiger partial charge in [0.2, 0.25) is 0 Å². The third kappa shape index (κ3) is 3.08. The number of thiophene rings is 1. The molecule has 0 aliphatic heterocycles. The largest absolute Gasteiger partial charge is 0.469 e. The highest BCUT2D eigenvalue weighted by molar-refractivity contribution is 7.18. The maximum absolute atomic E-state index is 12.0. The Labute approximate surface area is 120 Å². The molecular weight excluding hydrogens is 278 g/mol. The molecule has 0 bridgehead atoms. The minimum Gasteiger partial charge on any atom is -0.469 e. The standard InChI is InChI=1S/C14H15NO4S/c1-4-18-14(17)12-8(2)5-11(20-12)15-13(16)10-6-9(3)19-7-10/h5-7H,4H2,1-3H3,(H,15,16). The zero-order valence-corrected chi connectivity index (χ0v) is 12.3. The van der Waals surface area contributed by atoms with E-state index in [9.17, 15) is 9.59 Å². The topological polar surface area (TPSA) is 68.5 Å². The molecule has 0 saturated heterocycles. The summed E-state index contributed by atoms with van der Waals surface area (Å²) in [7, 11) is 0. The first-order valence-electron chi connectivity index (χ1n) is 6.15. The summed E-state index contributed by atoms with van der Waals surface area (Å²) >= 11 is 1.20. The maximum Gasteiger partial charge on any atom is 0.348 e. The van der Waals surface area contributed by atoms with Crippen molar-refractivity contribution >= 4 is 28.2 Å². The van der Waals surface area contributed by atoms with Crippen molar-refractivity contribution in [3.8, 4) is 0 Å². The van der Waals surface area contributed by atoms with Gasteiger partial charge in [-0.1, -0.05) is 0 Å². The van der Waals surface area contributed by atoms with Gasteiger partial charge in [0.1, 0.15) is 16.9 Å². The molecule has 1 N–H and O–H groups in total. The SMILES string of the molecule is CCOC(=O)c1sc(NC(=O)c2coc(C)c2)cc1C. The molecule has 0 fully saturated rings. The van der Waals surface area contributed by atoms with Crippen LogP contribution >= 0.6 is 11.3 Å². The molecule has 2 heterocycles. The normalized spacial score (nSPS) is 10.3. The Morgan fingerprint density at radius 3 is 2.70 bits per heavy atom. The summed E-state index contributed by atoms with van der Waals surface area (Å²) in [5.41, 5.74) is 1.23. The van der Waals surface area contributed by atoms with Crippen LogP contribution < -0.4 is 5.32 Å². The van der Waals surface area contributed by atoms with Crippen LogP contribution in [0.3, 0.4) is 0 Å². The summed E-state index contributed by atoms with van der Waals surface area (Å²) in [5, 5.41) is 3.35. The fraction of sp³-hybridized carbons (Fsp3) is 0.286. The molecule has 0 unspecified atom stereocenters. The van der Waals surface area contributed by atoms with Crippen molar-refractivity contribution < 1.29 is 18.7 Å². The first-order chi connectivity index (χ1) is 9.51. The van der Waals surface area contributed by atoms with Crippen LogP contribution in [0.4, 0.5) is 5.00 Å². The van der Waals surface area contributed by atoms with Crippen molar-refractivity contribution in [3.05, 3.63) is 40.2 Å². The van der Waals surface area contributed by atoms with Crippen LogP contribution in [0, 0.1) is 13.8 Å². The van der Waals surface area contributed by atoms with Crippen molar-refractivity contribution in [2.45, 2.75) is 20.8 Å². The molecule has 5 nitrogen and oxygen atoms in total. The average Bonchev–Trinajstić information content (AvgIpc) is 2.96. The molecule has 6 heteroatoms. The van der Waals surface area contributed by atoms with Crippen LogP contribution in [0.2, 0.25) is 0 Å². The molecule has 0 saturated carbocycles. The van der Waals surface area contributed by atoms with E-state index < -0.39 is 0 Å². The summed E-state index contributed by atoms with van der Waals surface area (Å²) in [4.78, 5) is 24.2. The second-order valence-corrected chi connectivity index (χ2v) is 5.30. The van der Waals surface area contributed by atoms with Gasteiger partial charge in [0.15, 0.2) is 0 Å². The molecule has 2 aromatic rings. The van der Waals surface area contributed by atoms with Crippen molar-refractivity contribution in [2.75, 3.05) is 11.9 Å². The van der Waals surface area contributed by atoms with E-state index in [1.54, 1.807) is 32.9 Å². The van der Waals surface area contributed by atoms with Crippen LogP contribution in [-0.2, 0) is 4.74 Å². The van der Waals surface area contributed by atoms with Gasteiger partial charge in [-0.15, -0.1) is 11.3 Å². The number of aryl methyl sites for hydroxylation is 2. The number of carbonyl (C=O) groups excluding carboxylic acids is 2. The van der Waals surface area contributed by atoms with Gasteiger partial charge in [-0.05, 0) is 38.5 Å². The lowest BCUT2D eigenvalue weighted by Gasteiger charge is -1.99. The van der Waals surface area contributed by atoms with Crippen molar-refractivity contribution in [3.63, 3.8) is 0 Å². The Morgan fingerprint density at radius 1 is 1.35 bits per heavy atom. The lowest BCUT2D eigenvalue weighted by atomic mass is 10.3. The highest BCUT2D eigenvalue weighted by Crippen LogP contribution is 2.27. The van der Waals surface area contributed by atoms with Gasteiger partial charge < -0.3 is 14.5 Å². The van der Waals surface area contributed by atoms with Gasteiger partial charge in [0.25, 0.3) is 5.91 Å². The van der Waals surface area contributed by atoms with E-state index in [-0.39, 0.29) is 11.9 Å². The fourth-order valence-electron chi connectivity index (χ4n) is 1.69. The number of esters is 1. The molecule has 2 aromatic heterocycles. The molecule has 0 aromatic carbocycles. The zero-order chi connectivity index (χ0) is 14.7. The van der Waals surface area contributed by atoms with Gasteiger partial charge >= 0.3 is 5.97 Å². The van der Waals surface area contributed by atoms with Crippen molar-refractivity contribution in [1.82, 2.24) is 0 Å². The van der Waals surface area contributed by atoms with Crippen molar-refractivity contribution in [1.29, 1.82) is 0 Å². The smallest absolute Gasteiger partial charge is 0.348 e. The molecule has 0 atom stereocenters. The number of furan rings is 1. The number of ether oxygens (including phenoxy) is 1. The lowest BCUT2D eigenvalue weighted by Crippen LogP contribution is -2.09. The predicted octanol–water partition coefficient (Wildman–Crippen LogP) is 3.39. The Bertz CT molecular complexity index is 641. The Hall–Kier alpha value is -2.08. The second-order valence-electron chi connectivity index (χ2n) is 4.24. The summed E-state index contributed by atoms with van der Waals surface area (Å²) in [5.74, 6) is 0.0397. The number of amides is 1. The molecule has 2 rings (SSSR count). The number of anilines is 1. The summed E-state index contributed by atoms with van der Waals surface area (Å²) in [6, 6.07) is 3.41. The fourth-order valence-corrected chi connectivity index (χ4v) is 2.65. The molecule has 20 heavy (non-hydrogen) atoms. The highest BCUT2D eigenvalue weighted by Gasteiger charge is 2.16. The van der Waals surface area contributed by atoms with Crippen LogP contribution in [0.25, 0.3) is 0 Å². The maximum atomic E-state index is 12.0. The summed E-state index contributed by atoms with van der Waals surface area (Å²) < 4.78 is 10.0.